The molecule has 1 aliphatic rings. The fourth-order valence-corrected chi connectivity index (χ4v) is 3.35. The number of carbonyl (C=O) groups excluding carboxylic acids is 1. The van der Waals surface area contributed by atoms with Gasteiger partial charge in [0.25, 0.3) is 0 Å². The number of fused-ring (bicyclic) bond motifs is 1. The van der Waals surface area contributed by atoms with Gasteiger partial charge in [-0.25, -0.2) is 0 Å². The van der Waals surface area contributed by atoms with Crippen LogP contribution in [-0.2, 0) is 4.74 Å². The van der Waals surface area contributed by atoms with Crippen LogP contribution in [0.25, 0.3) is 10.9 Å². The third-order valence-corrected chi connectivity index (χ3v) is 4.98. The van der Waals surface area contributed by atoms with Crippen LogP contribution in [0, 0.1) is 0 Å². The van der Waals surface area contributed by atoms with Crippen molar-refractivity contribution in [1.29, 1.82) is 0 Å². The largest absolute Gasteiger partial charge is 0.388 e. The van der Waals surface area contributed by atoms with Gasteiger partial charge in [-0.05, 0) is 19.1 Å². The molecule has 2 aromatic rings. The fourth-order valence-electron chi connectivity index (χ4n) is 2.70. The normalized spacial score (nSPS) is 28.5. The van der Waals surface area contributed by atoms with Crippen LogP contribution in [0.1, 0.15) is 23.5 Å². The number of aliphatic hydroxyl groups excluding tert-OH is 2. The Labute approximate surface area is 140 Å². The van der Waals surface area contributed by atoms with E-state index in [-0.39, 0.29) is 20.8 Å². The summed E-state index contributed by atoms with van der Waals surface area (Å²) in [6, 6.07) is 3.08. The lowest BCUT2D eigenvalue weighted by Gasteiger charge is -2.19. The lowest BCUT2D eigenvalue weighted by molar-refractivity contribution is -0.0291. The van der Waals surface area contributed by atoms with Crippen molar-refractivity contribution in [2.45, 2.75) is 31.5 Å². The number of carbonyl (C=O) groups is 1. The molecular weight excluding hydrogens is 353 g/mol. The first kappa shape index (κ1) is 16.1. The highest BCUT2D eigenvalue weighted by Gasteiger charge is 2.42. The summed E-state index contributed by atoms with van der Waals surface area (Å²) in [5.74, 6) is 0. The molecule has 1 unspecified atom stereocenters. The summed E-state index contributed by atoms with van der Waals surface area (Å²) in [5, 5.41) is 21.2. The first-order chi connectivity index (χ1) is 10.4. The Morgan fingerprint density at radius 1 is 1.18 bits per heavy atom. The van der Waals surface area contributed by atoms with Crippen molar-refractivity contribution in [3.8, 4) is 0 Å². The Hall–Kier alpha value is -0.820. The molecule has 1 fully saturated rings. The molecule has 1 aliphatic heterocycles. The monoisotopic (exact) mass is 363 g/mol. The van der Waals surface area contributed by atoms with Crippen LogP contribution in [0.4, 0.5) is 0 Å². The van der Waals surface area contributed by atoms with Gasteiger partial charge in [0.2, 0.25) is 0 Å². The van der Waals surface area contributed by atoms with Crippen LogP contribution in [0.15, 0.2) is 12.1 Å². The van der Waals surface area contributed by atoms with E-state index in [9.17, 15) is 15.0 Å². The van der Waals surface area contributed by atoms with E-state index in [0.29, 0.717) is 17.2 Å². The van der Waals surface area contributed by atoms with Gasteiger partial charge >= 0.3 is 0 Å². The number of benzene rings is 1. The van der Waals surface area contributed by atoms with Crippen molar-refractivity contribution in [3.63, 3.8) is 0 Å². The molecule has 1 saturated heterocycles. The molecule has 2 N–H and O–H groups in total. The smallest absolute Gasteiger partial charge is 0.164 e. The summed E-state index contributed by atoms with van der Waals surface area (Å²) in [6.07, 6.45) is -3.13. The van der Waals surface area contributed by atoms with Gasteiger partial charge in [-0.2, -0.15) is 0 Å². The van der Waals surface area contributed by atoms with Crippen LogP contribution in [-0.4, -0.2) is 39.4 Å². The van der Waals surface area contributed by atoms with E-state index in [1.54, 1.807) is 13.0 Å². The second-order valence-electron chi connectivity index (χ2n) is 5.19. The van der Waals surface area contributed by atoms with Crippen LogP contribution in [0.2, 0.25) is 15.2 Å². The van der Waals surface area contributed by atoms with Crippen molar-refractivity contribution < 1.29 is 19.7 Å². The number of hydrogen-bond acceptors (Lipinski definition) is 4. The quantitative estimate of drug-likeness (QED) is 0.804. The number of rotatable bonds is 2. The zero-order valence-corrected chi connectivity index (χ0v) is 13.6. The molecule has 0 bridgehead atoms. The molecule has 0 radical (unpaired) electrons. The molecule has 0 spiro atoms. The van der Waals surface area contributed by atoms with E-state index < -0.39 is 24.5 Å². The van der Waals surface area contributed by atoms with Gasteiger partial charge in [0.15, 0.2) is 12.5 Å². The summed E-state index contributed by atoms with van der Waals surface area (Å²) in [5.41, 5.74) is 0.715. The minimum Gasteiger partial charge on any atom is -0.388 e. The molecule has 1 aromatic heterocycles. The Morgan fingerprint density at radius 2 is 1.82 bits per heavy atom. The summed E-state index contributed by atoms with van der Waals surface area (Å²) < 4.78 is 7.02. The molecule has 2 heterocycles. The van der Waals surface area contributed by atoms with Gasteiger partial charge in [-0.3, -0.25) is 4.79 Å². The maximum atomic E-state index is 11.3. The van der Waals surface area contributed by atoms with Gasteiger partial charge in [-0.1, -0.05) is 34.8 Å². The minimum absolute atomic E-state index is 0.0914. The van der Waals surface area contributed by atoms with Crippen LogP contribution in [0.5, 0.6) is 0 Å². The second-order valence-corrected chi connectivity index (χ2v) is 6.36. The van der Waals surface area contributed by atoms with Gasteiger partial charge in [-0.15, -0.1) is 0 Å². The van der Waals surface area contributed by atoms with Crippen LogP contribution >= 0.6 is 34.8 Å². The number of aldehydes is 1. The predicted molar refractivity (Wildman–Crippen MR) is 84.0 cm³/mol. The van der Waals surface area contributed by atoms with Crippen molar-refractivity contribution in [1.82, 2.24) is 4.57 Å². The van der Waals surface area contributed by atoms with E-state index in [0.717, 1.165) is 0 Å². The molecule has 0 aliphatic carbocycles. The topological polar surface area (TPSA) is 71.7 Å². The third kappa shape index (κ3) is 2.24. The summed E-state index contributed by atoms with van der Waals surface area (Å²) in [4.78, 5) is 11.3. The predicted octanol–water partition coefficient (Wildman–Crippen LogP) is 3.05. The Bertz CT molecular complexity index is 760. The zero-order chi connectivity index (χ0) is 16.2. The van der Waals surface area contributed by atoms with Crippen LogP contribution < -0.4 is 0 Å². The molecule has 22 heavy (non-hydrogen) atoms. The first-order valence-corrected chi connectivity index (χ1v) is 7.65. The molecule has 1 aromatic carbocycles. The SMILES string of the molecule is C[C@H]1OC(n2c(Cl)c(C=O)c3cc(Cl)c(Cl)cc32)[C@H](O)[C@@H]1O. The maximum Gasteiger partial charge on any atom is 0.164 e. The first-order valence-electron chi connectivity index (χ1n) is 6.52. The Balaban J connectivity index is 2.28. The van der Waals surface area contributed by atoms with Gasteiger partial charge in [0.1, 0.15) is 17.4 Å². The number of aliphatic hydroxyl groups is 2. The standard InChI is InChI=1S/C14H12Cl3NO4/c1-5-11(20)12(21)14(22-5)18-10-3-9(16)8(15)2-6(10)7(4-19)13(18)17/h2-5,11-12,14,20-21H,1H3/t5-,11-,12-,14?/m1/s1. The summed E-state index contributed by atoms with van der Waals surface area (Å²) in [6.45, 7) is 1.64. The lowest BCUT2D eigenvalue weighted by Crippen LogP contribution is -2.30. The van der Waals surface area contributed by atoms with E-state index in [1.807, 2.05) is 0 Å². The zero-order valence-electron chi connectivity index (χ0n) is 11.3. The average Bonchev–Trinajstić information content (AvgIpc) is 2.87. The molecule has 5 nitrogen and oxygen atoms in total. The van der Waals surface area contributed by atoms with Gasteiger partial charge in [0.05, 0.1) is 27.2 Å². The average molecular weight is 365 g/mol. The van der Waals surface area contributed by atoms with Crippen molar-refractivity contribution >= 4 is 52.0 Å². The molecule has 8 heteroatoms. The Morgan fingerprint density at radius 3 is 2.36 bits per heavy atom. The van der Waals surface area contributed by atoms with Crippen molar-refractivity contribution in [2.75, 3.05) is 0 Å². The minimum atomic E-state index is -1.18. The lowest BCUT2D eigenvalue weighted by atomic mass is 10.1. The van der Waals surface area contributed by atoms with E-state index in [2.05, 4.69) is 0 Å². The summed E-state index contributed by atoms with van der Waals surface area (Å²) in [7, 11) is 0. The number of ether oxygens (including phenoxy) is 1. The molecule has 118 valence electrons. The van der Waals surface area contributed by atoms with Crippen LogP contribution in [0.3, 0.4) is 0 Å². The molecule has 0 saturated carbocycles. The summed E-state index contributed by atoms with van der Waals surface area (Å²) >= 11 is 18.3. The second kappa shape index (κ2) is 5.67. The van der Waals surface area contributed by atoms with Crippen molar-refractivity contribution in [2.24, 2.45) is 0 Å². The third-order valence-electron chi connectivity index (χ3n) is 3.87. The fraction of sp³-hybridized carbons (Fsp3) is 0.357. The number of nitrogens with zero attached hydrogens (tertiary/aromatic N) is 1. The highest BCUT2D eigenvalue weighted by Crippen LogP contribution is 2.40. The van der Waals surface area contributed by atoms with E-state index in [4.69, 9.17) is 39.5 Å². The number of halogens is 3. The van der Waals surface area contributed by atoms with Crippen molar-refractivity contribution in [3.05, 3.63) is 32.9 Å². The van der Waals surface area contributed by atoms with Gasteiger partial charge < -0.3 is 19.5 Å². The Kier molecular flexibility index (Phi) is 4.14. The molecule has 3 rings (SSSR count). The van der Waals surface area contributed by atoms with E-state index in [1.165, 1.54) is 10.6 Å². The highest BCUT2D eigenvalue weighted by atomic mass is 35.5. The molecular formula is C14H12Cl3NO4. The van der Waals surface area contributed by atoms with E-state index >= 15 is 0 Å². The maximum absolute atomic E-state index is 11.3. The van der Waals surface area contributed by atoms with Gasteiger partial charge in [0, 0.05) is 5.39 Å². The molecule has 4 atom stereocenters. The number of aromatic nitrogens is 1. The molecule has 0 amide bonds. The number of hydrogen-bond donors (Lipinski definition) is 2. The highest BCUT2D eigenvalue weighted by molar-refractivity contribution is 6.43.